The molecule has 0 amide bonds. The van der Waals surface area contributed by atoms with E-state index in [0.717, 1.165) is 31.3 Å². The van der Waals surface area contributed by atoms with Crippen LogP contribution in [0.4, 0.5) is 0 Å². The van der Waals surface area contributed by atoms with Crippen LogP contribution in [0, 0.1) is 5.82 Å². The van der Waals surface area contributed by atoms with Crippen LogP contribution in [0.15, 0.2) is 5.57 Å². The van der Waals surface area contributed by atoms with Crippen molar-refractivity contribution in [3.63, 3.8) is 0 Å². The number of allylic oxidation sites excluding steroid dienone is 1. The van der Waals surface area contributed by atoms with Crippen LogP contribution < -0.4 is 0 Å². The average Bonchev–Trinajstić information content (AvgIpc) is 2.25. The van der Waals surface area contributed by atoms with Crippen LogP contribution in [0.3, 0.4) is 0 Å². The maximum absolute atomic E-state index is 12.2. The van der Waals surface area contributed by atoms with Gasteiger partial charge < -0.3 is 14.9 Å². The summed E-state index contributed by atoms with van der Waals surface area (Å²) in [4.78, 5) is 0. The summed E-state index contributed by atoms with van der Waals surface area (Å²) < 4.78 is 22.5. The van der Waals surface area contributed by atoms with E-state index in [1.165, 1.54) is 0 Å². The Bertz CT molecular complexity index is 244. The maximum Gasteiger partial charge on any atom is 1.00 e. The van der Waals surface area contributed by atoms with Crippen molar-refractivity contribution in [1.29, 1.82) is 0 Å². The first-order chi connectivity index (χ1) is 7.61. The van der Waals surface area contributed by atoms with Gasteiger partial charge in [0.2, 0.25) is 0 Å². The standard InChI is InChI=1S/C12H24O3P.Cu/c1-5-9-10-12(6-2)11-16(13,14-7-3)15-8-4;/h5-10H2,1-4H3;/q-1;+1. The zero-order chi connectivity index (χ0) is 12.4. The minimum absolute atomic E-state index is 0. The molecule has 0 aliphatic carbocycles. The van der Waals surface area contributed by atoms with Crippen LogP contribution in [0.25, 0.3) is 0 Å². The third-order valence-corrected chi connectivity index (χ3v) is 3.94. The van der Waals surface area contributed by atoms with Gasteiger partial charge in [0, 0.05) is 0 Å². The monoisotopic (exact) mass is 310 g/mol. The Labute approximate surface area is 116 Å². The summed E-state index contributed by atoms with van der Waals surface area (Å²) in [6.07, 6.45) is 3.99. The van der Waals surface area contributed by atoms with Crippen molar-refractivity contribution >= 4 is 7.60 Å². The zero-order valence-corrected chi connectivity index (χ0v) is 13.1. The third kappa shape index (κ3) is 9.04. The quantitative estimate of drug-likeness (QED) is 0.356. The van der Waals surface area contributed by atoms with Gasteiger partial charge >= 0.3 is 17.1 Å². The second-order valence-electron chi connectivity index (χ2n) is 3.51. The van der Waals surface area contributed by atoms with E-state index in [9.17, 15) is 4.57 Å². The molecule has 0 rings (SSSR count). The average molecular weight is 311 g/mol. The van der Waals surface area contributed by atoms with Crippen molar-refractivity contribution < 1.29 is 30.7 Å². The summed E-state index contributed by atoms with van der Waals surface area (Å²) in [5.41, 5.74) is 1.05. The predicted molar refractivity (Wildman–Crippen MR) is 67.4 cm³/mol. The van der Waals surface area contributed by atoms with Gasteiger partial charge in [-0.1, -0.05) is 39.5 Å². The fourth-order valence-corrected chi connectivity index (χ4v) is 2.88. The van der Waals surface area contributed by atoms with E-state index in [4.69, 9.17) is 9.05 Å². The molecular weight excluding hydrogens is 287 g/mol. The minimum atomic E-state index is -3.12. The number of unbranched alkanes of at least 4 members (excludes halogenated alkanes) is 1. The molecule has 0 saturated heterocycles. The SMILES string of the molecule is CCCCC(=[C-]P(=O)(OCC)OCC)CC.[Cu+]. The van der Waals surface area contributed by atoms with Gasteiger partial charge in [0.05, 0.1) is 13.2 Å². The van der Waals surface area contributed by atoms with E-state index in [-0.39, 0.29) is 17.1 Å². The molecule has 17 heavy (non-hydrogen) atoms. The molecule has 0 aromatic rings. The van der Waals surface area contributed by atoms with E-state index < -0.39 is 7.60 Å². The molecule has 0 atom stereocenters. The summed E-state index contributed by atoms with van der Waals surface area (Å²) in [7, 11) is -3.12. The Hall–Kier alpha value is 0.409. The van der Waals surface area contributed by atoms with Gasteiger partial charge in [-0.15, -0.1) is 0 Å². The molecule has 0 radical (unpaired) electrons. The van der Waals surface area contributed by atoms with Crippen LogP contribution in [-0.2, 0) is 30.7 Å². The van der Waals surface area contributed by atoms with Crippen molar-refractivity contribution in [3.05, 3.63) is 11.4 Å². The topological polar surface area (TPSA) is 35.5 Å². The van der Waals surface area contributed by atoms with Gasteiger partial charge in [-0.05, 0) is 13.8 Å². The number of hydrogen-bond donors (Lipinski definition) is 0. The zero-order valence-electron chi connectivity index (χ0n) is 11.2. The first kappa shape index (κ1) is 19.7. The number of hydrogen-bond acceptors (Lipinski definition) is 3. The predicted octanol–water partition coefficient (Wildman–Crippen LogP) is 4.54. The van der Waals surface area contributed by atoms with E-state index >= 15 is 0 Å². The number of rotatable bonds is 9. The molecule has 0 N–H and O–H groups in total. The summed E-state index contributed by atoms with van der Waals surface area (Å²) in [5.74, 6) is 2.94. The van der Waals surface area contributed by atoms with Gasteiger partial charge in [-0.25, -0.2) is 5.57 Å². The fourth-order valence-electron chi connectivity index (χ4n) is 1.34. The maximum atomic E-state index is 12.2. The van der Waals surface area contributed by atoms with E-state index in [1.807, 2.05) is 20.8 Å². The first-order valence-electron chi connectivity index (χ1n) is 6.13. The van der Waals surface area contributed by atoms with Gasteiger partial charge in [-0.2, -0.15) is 0 Å². The van der Waals surface area contributed by atoms with Crippen molar-refractivity contribution in [3.8, 4) is 0 Å². The fraction of sp³-hybridized carbons (Fsp3) is 0.833. The molecule has 0 bridgehead atoms. The molecule has 3 nitrogen and oxygen atoms in total. The molecule has 0 heterocycles. The minimum Gasteiger partial charge on any atom is -0.372 e. The first-order valence-corrected chi connectivity index (χ1v) is 7.68. The molecule has 0 saturated carbocycles. The van der Waals surface area contributed by atoms with Gasteiger partial charge in [0.15, 0.2) is 7.60 Å². The molecular formula is C12H24CuO3P. The van der Waals surface area contributed by atoms with E-state index in [2.05, 4.69) is 12.7 Å². The van der Waals surface area contributed by atoms with Crippen LogP contribution >= 0.6 is 7.60 Å². The molecule has 0 spiro atoms. The van der Waals surface area contributed by atoms with Crippen LogP contribution in [0.5, 0.6) is 0 Å². The van der Waals surface area contributed by atoms with Gasteiger partial charge in [0.1, 0.15) is 0 Å². The van der Waals surface area contributed by atoms with Crippen molar-refractivity contribution in [2.24, 2.45) is 0 Å². The molecule has 5 heteroatoms. The Morgan fingerprint density at radius 2 is 1.65 bits per heavy atom. The molecule has 0 aromatic carbocycles. The summed E-state index contributed by atoms with van der Waals surface area (Å²) in [6, 6.07) is 0. The van der Waals surface area contributed by atoms with Crippen LogP contribution in [0.2, 0.25) is 0 Å². The Balaban J connectivity index is 0. The molecule has 0 aliphatic heterocycles. The van der Waals surface area contributed by atoms with Crippen molar-refractivity contribution in [2.75, 3.05) is 13.2 Å². The third-order valence-electron chi connectivity index (χ3n) is 2.15. The molecule has 0 aromatic heterocycles. The molecule has 106 valence electrons. The second kappa shape index (κ2) is 11.5. The smallest absolute Gasteiger partial charge is 0.372 e. The summed E-state index contributed by atoms with van der Waals surface area (Å²) in [5, 5.41) is 0. The second-order valence-corrected chi connectivity index (χ2v) is 5.24. The molecule has 0 unspecified atom stereocenters. The van der Waals surface area contributed by atoms with Crippen LogP contribution in [0.1, 0.15) is 53.4 Å². The normalized spacial score (nSPS) is 12.4. The van der Waals surface area contributed by atoms with E-state index in [0.29, 0.717) is 13.2 Å². The van der Waals surface area contributed by atoms with Crippen molar-refractivity contribution in [2.45, 2.75) is 53.4 Å². The Kier molecular flexibility index (Phi) is 13.4. The molecule has 0 aliphatic rings. The summed E-state index contributed by atoms with van der Waals surface area (Å²) in [6.45, 7) is 8.57. The van der Waals surface area contributed by atoms with Crippen LogP contribution in [-0.4, -0.2) is 13.2 Å². The summed E-state index contributed by atoms with van der Waals surface area (Å²) >= 11 is 0. The van der Waals surface area contributed by atoms with Gasteiger partial charge in [-0.3, -0.25) is 4.57 Å². The largest absolute Gasteiger partial charge is 1.00 e. The Morgan fingerprint density at radius 3 is 2.00 bits per heavy atom. The van der Waals surface area contributed by atoms with Crippen molar-refractivity contribution in [1.82, 2.24) is 0 Å². The van der Waals surface area contributed by atoms with Gasteiger partial charge in [0.25, 0.3) is 0 Å². The Morgan fingerprint density at radius 1 is 1.12 bits per heavy atom. The molecule has 0 fully saturated rings. The van der Waals surface area contributed by atoms with E-state index in [1.54, 1.807) is 0 Å².